The van der Waals surface area contributed by atoms with Crippen molar-refractivity contribution in [1.29, 1.82) is 0 Å². The molecule has 0 saturated carbocycles. The fourth-order valence-electron chi connectivity index (χ4n) is 2.89. The van der Waals surface area contributed by atoms with E-state index < -0.39 is 11.9 Å². The van der Waals surface area contributed by atoms with Crippen LogP contribution < -0.4 is 5.32 Å². The van der Waals surface area contributed by atoms with E-state index in [2.05, 4.69) is 10.3 Å². The molecule has 3 rings (SSSR count). The van der Waals surface area contributed by atoms with Crippen molar-refractivity contribution in [2.45, 2.75) is 12.8 Å². The average molecular weight is 325 g/mol. The Morgan fingerprint density at radius 2 is 1.96 bits per heavy atom. The highest BCUT2D eigenvalue weighted by Crippen LogP contribution is 2.26. The van der Waals surface area contributed by atoms with Crippen molar-refractivity contribution in [3.8, 4) is 11.3 Å². The molecule has 1 aliphatic heterocycles. The number of rotatable bonds is 3. The van der Waals surface area contributed by atoms with Crippen LogP contribution in [0, 0.1) is 5.92 Å². The van der Waals surface area contributed by atoms with Gasteiger partial charge in [0.1, 0.15) is 0 Å². The molecule has 6 nitrogen and oxygen atoms in total. The Hall–Kier alpha value is -2.89. The Morgan fingerprint density at radius 3 is 2.71 bits per heavy atom. The zero-order chi connectivity index (χ0) is 16.9. The lowest BCUT2D eigenvalue weighted by molar-refractivity contribution is -0.143. The van der Waals surface area contributed by atoms with E-state index in [1.54, 1.807) is 23.2 Å². The largest absolute Gasteiger partial charge is 0.481 e. The van der Waals surface area contributed by atoms with Crippen LogP contribution in [0.2, 0.25) is 0 Å². The summed E-state index contributed by atoms with van der Waals surface area (Å²) in [6, 6.07) is 12.9. The second-order valence-corrected chi connectivity index (χ2v) is 5.82. The number of carbonyl (C=O) groups excluding carboxylic acids is 1. The lowest BCUT2D eigenvalue weighted by Crippen LogP contribution is -2.44. The van der Waals surface area contributed by atoms with Crippen molar-refractivity contribution in [3.05, 3.63) is 48.7 Å². The van der Waals surface area contributed by atoms with E-state index in [0.717, 1.165) is 5.56 Å². The number of hydrogen-bond donors (Lipinski definition) is 2. The third-order valence-electron chi connectivity index (χ3n) is 4.15. The molecule has 24 heavy (non-hydrogen) atoms. The molecule has 2 N–H and O–H groups in total. The van der Waals surface area contributed by atoms with Gasteiger partial charge in [-0.05, 0) is 25.0 Å². The van der Waals surface area contributed by atoms with E-state index in [1.807, 2.05) is 30.3 Å². The number of urea groups is 1. The number of likely N-dealkylation sites (tertiary alicyclic amines) is 1. The van der Waals surface area contributed by atoms with Gasteiger partial charge in [-0.1, -0.05) is 30.3 Å². The number of carboxylic acid groups (broad SMARTS) is 1. The van der Waals surface area contributed by atoms with Crippen LogP contribution in [0.1, 0.15) is 12.8 Å². The Kier molecular flexibility index (Phi) is 4.74. The van der Waals surface area contributed by atoms with Gasteiger partial charge in [0, 0.05) is 24.8 Å². The molecule has 1 aliphatic rings. The molecule has 1 aromatic carbocycles. The maximum absolute atomic E-state index is 12.5. The van der Waals surface area contributed by atoms with Crippen molar-refractivity contribution in [2.75, 3.05) is 18.4 Å². The van der Waals surface area contributed by atoms with E-state index in [1.165, 1.54) is 0 Å². The summed E-state index contributed by atoms with van der Waals surface area (Å²) in [6.45, 7) is 0.804. The minimum Gasteiger partial charge on any atom is -0.481 e. The number of nitrogens with one attached hydrogen (secondary N) is 1. The number of hydrogen-bond acceptors (Lipinski definition) is 3. The third kappa shape index (κ3) is 3.53. The molecule has 2 heterocycles. The minimum atomic E-state index is -0.848. The molecule has 1 saturated heterocycles. The fourth-order valence-corrected chi connectivity index (χ4v) is 2.89. The zero-order valence-corrected chi connectivity index (χ0v) is 13.2. The second-order valence-electron chi connectivity index (χ2n) is 5.82. The number of anilines is 1. The smallest absolute Gasteiger partial charge is 0.321 e. The van der Waals surface area contributed by atoms with Crippen LogP contribution in [-0.2, 0) is 4.79 Å². The van der Waals surface area contributed by atoms with E-state index in [-0.39, 0.29) is 12.6 Å². The van der Waals surface area contributed by atoms with Crippen molar-refractivity contribution in [3.63, 3.8) is 0 Å². The Balaban J connectivity index is 1.77. The van der Waals surface area contributed by atoms with Gasteiger partial charge in [0.05, 0.1) is 17.3 Å². The molecule has 0 bridgehead atoms. The SMILES string of the molecule is O=C(O)C1CCCN(C(=O)Nc2cccnc2-c2ccccc2)C1. The Morgan fingerprint density at radius 1 is 1.17 bits per heavy atom. The third-order valence-corrected chi connectivity index (χ3v) is 4.15. The average Bonchev–Trinajstić information content (AvgIpc) is 2.63. The fraction of sp³-hybridized carbons (Fsp3) is 0.278. The first-order valence-corrected chi connectivity index (χ1v) is 7.94. The van der Waals surface area contributed by atoms with Gasteiger partial charge in [-0.15, -0.1) is 0 Å². The molecule has 2 amide bonds. The summed E-state index contributed by atoms with van der Waals surface area (Å²) in [5.74, 6) is -1.34. The van der Waals surface area contributed by atoms with Gasteiger partial charge in [-0.2, -0.15) is 0 Å². The molecule has 0 aliphatic carbocycles. The van der Waals surface area contributed by atoms with Crippen LogP contribution in [0.4, 0.5) is 10.5 Å². The lowest BCUT2D eigenvalue weighted by atomic mass is 9.99. The summed E-state index contributed by atoms with van der Waals surface area (Å²) in [5.41, 5.74) is 2.22. The number of carboxylic acids is 1. The van der Waals surface area contributed by atoms with E-state index >= 15 is 0 Å². The number of piperidine rings is 1. The summed E-state index contributed by atoms with van der Waals surface area (Å²) >= 11 is 0. The lowest BCUT2D eigenvalue weighted by Gasteiger charge is -2.30. The summed E-state index contributed by atoms with van der Waals surface area (Å²) in [7, 11) is 0. The molecular weight excluding hydrogens is 306 g/mol. The molecule has 2 aromatic rings. The minimum absolute atomic E-state index is 0.238. The van der Waals surface area contributed by atoms with Crippen molar-refractivity contribution < 1.29 is 14.7 Å². The van der Waals surface area contributed by atoms with E-state index in [0.29, 0.717) is 30.8 Å². The monoisotopic (exact) mass is 325 g/mol. The maximum atomic E-state index is 12.5. The number of nitrogens with zero attached hydrogens (tertiary/aromatic N) is 2. The quantitative estimate of drug-likeness (QED) is 0.908. The van der Waals surface area contributed by atoms with Crippen molar-refractivity contribution >= 4 is 17.7 Å². The predicted molar refractivity (Wildman–Crippen MR) is 90.6 cm³/mol. The summed E-state index contributed by atoms with van der Waals surface area (Å²) in [6.07, 6.45) is 2.99. The zero-order valence-electron chi connectivity index (χ0n) is 13.2. The Bertz CT molecular complexity index is 733. The standard InChI is InChI=1S/C18H19N3O3/c22-17(23)14-8-5-11-21(12-14)18(24)20-15-9-4-10-19-16(15)13-6-2-1-3-7-13/h1-4,6-7,9-10,14H,5,8,11-12H2,(H,20,24)(H,22,23). The number of amides is 2. The molecule has 1 fully saturated rings. The van der Waals surface area contributed by atoms with Crippen LogP contribution >= 0.6 is 0 Å². The van der Waals surface area contributed by atoms with Crippen LogP contribution in [-0.4, -0.2) is 40.1 Å². The van der Waals surface area contributed by atoms with Gasteiger partial charge < -0.3 is 15.3 Å². The summed E-state index contributed by atoms with van der Waals surface area (Å²) in [5, 5.41) is 12.0. The Labute approximate surface area is 140 Å². The van der Waals surface area contributed by atoms with Crippen LogP contribution in [0.15, 0.2) is 48.7 Å². The van der Waals surface area contributed by atoms with Crippen molar-refractivity contribution in [1.82, 2.24) is 9.88 Å². The van der Waals surface area contributed by atoms with Crippen LogP contribution in [0.3, 0.4) is 0 Å². The maximum Gasteiger partial charge on any atom is 0.321 e. The normalized spacial score (nSPS) is 17.3. The molecule has 0 spiro atoms. The molecule has 124 valence electrons. The molecule has 0 radical (unpaired) electrons. The van der Waals surface area contributed by atoms with E-state index in [4.69, 9.17) is 5.11 Å². The topological polar surface area (TPSA) is 82.5 Å². The van der Waals surface area contributed by atoms with Crippen LogP contribution in [0.5, 0.6) is 0 Å². The second kappa shape index (κ2) is 7.12. The van der Waals surface area contributed by atoms with Gasteiger partial charge in [0.2, 0.25) is 0 Å². The first-order chi connectivity index (χ1) is 11.6. The number of benzene rings is 1. The number of pyridine rings is 1. The van der Waals surface area contributed by atoms with Gasteiger partial charge >= 0.3 is 12.0 Å². The highest BCUT2D eigenvalue weighted by atomic mass is 16.4. The summed E-state index contributed by atoms with van der Waals surface area (Å²) < 4.78 is 0. The van der Waals surface area contributed by atoms with Gasteiger partial charge in [0.15, 0.2) is 0 Å². The molecule has 1 atom stereocenters. The van der Waals surface area contributed by atoms with Gasteiger partial charge in [0.25, 0.3) is 0 Å². The summed E-state index contributed by atoms with van der Waals surface area (Å²) in [4.78, 5) is 29.6. The highest BCUT2D eigenvalue weighted by Gasteiger charge is 2.28. The molecule has 1 unspecified atom stereocenters. The molecule has 6 heteroatoms. The van der Waals surface area contributed by atoms with Crippen LogP contribution in [0.25, 0.3) is 11.3 Å². The molecular formula is C18H19N3O3. The number of aliphatic carboxylic acids is 1. The highest BCUT2D eigenvalue weighted by molar-refractivity contribution is 5.93. The van der Waals surface area contributed by atoms with Gasteiger partial charge in [-0.25, -0.2) is 4.79 Å². The number of aromatic nitrogens is 1. The number of carbonyl (C=O) groups is 2. The molecule has 1 aromatic heterocycles. The first kappa shape index (κ1) is 16.0. The van der Waals surface area contributed by atoms with E-state index in [9.17, 15) is 9.59 Å². The predicted octanol–water partition coefficient (Wildman–Crippen LogP) is 3.08. The van der Waals surface area contributed by atoms with Gasteiger partial charge in [-0.3, -0.25) is 9.78 Å². The van der Waals surface area contributed by atoms with Crippen molar-refractivity contribution in [2.24, 2.45) is 5.92 Å². The first-order valence-electron chi connectivity index (χ1n) is 7.94.